The minimum absolute atomic E-state index is 0.223. The van der Waals surface area contributed by atoms with Crippen LogP contribution >= 0.6 is 0 Å². The minimum atomic E-state index is -4.66. The van der Waals surface area contributed by atoms with Crippen molar-refractivity contribution < 1.29 is 41.3 Å². The molecular weight excluding hydrogens is 387 g/mol. The summed E-state index contributed by atoms with van der Waals surface area (Å²) in [4.78, 5) is 9.60. The second-order valence-corrected chi connectivity index (χ2v) is 5.60. The number of aliphatic carboxylic acids is 1. The largest absolute Gasteiger partial charge is 0.481 e. The van der Waals surface area contributed by atoms with E-state index < -0.39 is 30.1 Å². The predicted molar refractivity (Wildman–Crippen MR) is 91.9 cm³/mol. The quantitative estimate of drug-likeness (QED) is 0.574. The smallest absolute Gasteiger partial charge is 0.416 e. The molecule has 154 valence electrons. The van der Waals surface area contributed by atoms with E-state index in [0.717, 1.165) is 24.1 Å². The molecule has 0 spiro atoms. The van der Waals surface area contributed by atoms with Crippen LogP contribution < -0.4 is 9.47 Å². The van der Waals surface area contributed by atoms with Crippen molar-refractivity contribution in [3.8, 4) is 17.2 Å². The second-order valence-electron chi connectivity index (χ2n) is 5.60. The van der Waals surface area contributed by atoms with Crippen molar-refractivity contribution in [1.29, 1.82) is 0 Å². The average molecular weight is 406 g/mol. The molecule has 9 heteroatoms. The molecule has 28 heavy (non-hydrogen) atoms. The van der Waals surface area contributed by atoms with Gasteiger partial charge in [0.05, 0.1) is 5.56 Å². The van der Waals surface area contributed by atoms with Gasteiger partial charge >= 0.3 is 18.8 Å². The van der Waals surface area contributed by atoms with Crippen LogP contribution in [0.15, 0.2) is 42.5 Å². The molecule has 0 fully saturated rings. The lowest BCUT2D eigenvalue weighted by Crippen LogP contribution is -2.08. The van der Waals surface area contributed by atoms with Gasteiger partial charge in [0.25, 0.3) is 0 Å². The fourth-order valence-electron chi connectivity index (χ4n) is 1.98. The van der Waals surface area contributed by atoms with Crippen LogP contribution in [0.4, 0.5) is 22.0 Å². The Morgan fingerprint density at radius 2 is 1.79 bits per heavy atom. The summed E-state index contributed by atoms with van der Waals surface area (Å²) in [7, 11) is 0. The van der Waals surface area contributed by atoms with Crippen LogP contribution in [0.2, 0.25) is 0 Å². The maximum Gasteiger partial charge on any atom is 0.416 e. The molecule has 2 aromatic rings. The Bertz CT molecular complexity index is 775. The Morgan fingerprint density at radius 1 is 1.11 bits per heavy atom. The van der Waals surface area contributed by atoms with Crippen LogP contribution in [-0.2, 0) is 11.0 Å². The van der Waals surface area contributed by atoms with E-state index in [2.05, 4.69) is 4.74 Å². The van der Waals surface area contributed by atoms with Gasteiger partial charge < -0.3 is 14.6 Å². The molecule has 0 saturated heterocycles. The highest BCUT2D eigenvalue weighted by atomic mass is 19.4. The van der Waals surface area contributed by atoms with Crippen molar-refractivity contribution in [1.82, 2.24) is 0 Å². The van der Waals surface area contributed by atoms with Crippen molar-refractivity contribution in [3.63, 3.8) is 0 Å². The van der Waals surface area contributed by atoms with Crippen molar-refractivity contribution in [2.24, 2.45) is 0 Å². The fraction of sp³-hybridized carbons (Fsp3) is 0.316. The number of carboxylic acids is 1. The van der Waals surface area contributed by atoms with Gasteiger partial charge in [-0.3, -0.25) is 4.79 Å². The third-order valence-corrected chi connectivity index (χ3v) is 3.17. The first-order chi connectivity index (χ1) is 13.0. The predicted octanol–water partition coefficient (Wildman–Crippen LogP) is 6.28. The van der Waals surface area contributed by atoms with Gasteiger partial charge in [-0.2, -0.15) is 22.0 Å². The standard InChI is InChI=1S/C15H11F5O2.C4H8O2/c1-9-3-2-4-11(7-9)21-12-6-5-10(15(18,19)20)8-13(12)22-14(16)17;1-2-3-4(5)6/h2-8,14H,1H3;2-3H2,1H3,(H,5,6). The summed E-state index contributed by atoms with van der Waals surface area (Å²) in [5.74, 6) is -1.30. The lowest BCUT2D eigenvalue weighted by atomic mass is 10.2. The number of carbonyl (C=O) groups is 1. The SMILES string of the molecule is CCCC(=O)O.Cc1cccc(Oc2ccc(C(F)(F)F)cc2OC(F)F)c1. The number of halogens is 5. The molecule has 0 heterocycles. The van der Waals surface area contributed by atoms with Gasteiger partial charge in [-0.25, -0.2) is 0 Å². The van der Waals surface area contributed by atoms with E-state index in [-0.39, 0.29) is 5.75 Å². The molecule has 0 aliphatic carbocycles. The van der Waals surface area contributed by atoms with E-state index in [1.807, 2.05) is 6.92 Å². The van der Waals surface area contributed by atoms with E-state index in [9.17, 15) is 26.7 Å². The lowest BCUT2D eigenvalue weighted by molar-refractivity contribution is -0.138. The summed E-state index contributed by atoms with van der Waals surface area (Å²) in [6.45, 7) is 0.368. The first kappa shape index (κ1) is 23.2. The first-order valence-electron chi connectivity index (χ1n) is 8.15. The maximum absolute atomic E-state index is 12.6. The normalized spacial score (nSPS) is 10.9. The highest BCUT2D eigenvalue weighted by Gasteiger charge is 2.32. The lowest BCUT2D eigenvalue weighted by Gasteiger charge is -2.14. The molecule has 0 saturated carbocycles. The molecule has 2 rings (SSSR count). The van der Waals surface area contributed by atoms with Gasteiger partial charge in [0.1, 0.15) is 5.75 Å². The summed E-state index contributed by atoms with van der Waals surface area (Å²) in [5, 5.41) is 7.91. The molecule has 0 atom stereocenters. The summed E-state index contributed by atoms with van der Waals surface area (Å²) >= 11 is 0. The van der Waals surface area contributed by atoms with Crippen molar-refractivity contribution in [3.05, 3.63) is 53.6 Å². The van der Waals surface area contributed by atoms with E-state index in [4.69, 9.17) is 9.84 Å². The van der Waals surface area contributed by atoms with Gasteiger partial charge in [-0.15, -0.1) is 0 Å². The van der Waals surface area contributed by atoms with Crippen LogP contribution in [0.25, 0.3) is 0 Å². The zero-order valence-electron chi connectivity index (χ0n) is 15.1. The fourth-order valence-corrected chi connectivity index (χ4v) is 1.98. The Kier molecular flexibility index (Phi) is 8.69. The molecule has 0 radical (unpaired) electrons. The molecule has 0 aliphatic rings. The topological polar surface area (TPSA) is 55.8 Å². The molecule has 0 amide bonds. The Labute approximate surface area is 158 Å². The zero-order chi connectivity index (χ0) is 21.3. The van der Waals surface area contributed by atoms with Crippen LogP contribution in [0.1, 0.15) is 30.9 Å². The molecular formula is C19H19F5O4. The number of rotatable bonds is 6. The summed E-state index contributed by atoms with van der Waals surface area (Å²) in [5.41, 5.74) is -0.250. The number of hydrogen-bond donors (Lipinski definition) is 1. The number of aryl methyl sites for hydroxylation is 1. The van der Waals surface area contributed by atoms with E-state index in [0.29, 0.717) is 18.2 Å². The molecule has 0 bridgehead atoms. The van der Waals surface area contributed by atoms with E-state index in [1.54, 1.807) is 31.2 Å². The number of benzene rings is 2. The molecule has 0 unspecified atom stereocenters. The summed E-state index contributed by atoms with van der Waals surface area (Å²) < 4.78 is 72.1. The third kappa shape index (κ3) is 8.24. The number of alkyl halides is 5. The van der Waals surface area contributed by atoms with Gasteiger partial charge in [0.15, 0.2) is 11.5 Å². The van der Waals surface area contributed by atoms with Crippen molar-refractivity contribution >= 4 is 5.97 Å². The maximum atomic E-state index is 12.6. The van der Waals surface area contributed by atoms with Gasteiger partial charge in [-0.05, 0) is 49.2 Å². The third-order valence-electron chi connectivity index (χ3n) is 3.17. The molecule has 4 nitrogen and oxygen atoms in total. The van der Waals surface area contributed by atoms with Crippen LogP contribution in [0.5, 0.6) is 17.2 Å². The van der Waals surface area contributed by atoms with Gasteiger partial charge in [0.2, 0.25) is 0 Å². The van der Waals surface area contributed by atoms with E-state index in [1.165, 1.54) is 0 Å². The average Bonchev–Trinajstić information content (AvgIpc) is 2.55. The Hall–Kier alpha value is -2.84. The zero-order valence-corrected chi connectivity index (χ0v) is 15.1. The monoisotopic (exact) mass is 406 g/mol. The Balaban J connectivity index is 0.000000568. The highest BCUT2D eigenvalue weighted by molar-refractivity contribution is 5.66. The van der Waals surface area contributed by atoms with Gasteiger partial charge in [0, 0.05) is 6.42 Å². The molecule has 0 aromatic heterocycles. The van der Waals surface area contributed by atoms with Crippen LogP contribution in [-0.4, -0.2) is 17.7 Å². The minimum Gasteiger partial charge on any atom is -0.481 e. The van der Waals surface area contributed by atoms with Gasteiger partial charge in [-0.1, -0.05) is 19.1 Å². The second kappa shape index (κ2) is 10.5. The van der Waals surface area contributed by atoms with Crippen LogP contribution in [0, 0.1) is 6.92 Å². The number of ether oxygens (including phenoxy) is 2. The first-order valence-corrected chi connectivity index (χ1v) is 8.15. The van der Waals surface area contributed by atoms with Crippen molar-refractivity contribution in [2.75, 3.05) is 0 Å². The number of carboxylic acid groups (broad SMARTS) is 1. The van der Waals surface area contributed by atoms with E-state index >= 15 is 0 Å². The molecule has 2 aromatic carbocycles. The van der Waals surface area contributed by atoms with Crippen LogP contribution in [0.3, 0.4) is 0 Å². The molecule has 1 N–H and O–H groups in total. The summed E-state index contributed by atoms with van der Waals surface area (Å²) in [6, 6.07) is 8.79. The molecule has 0 aliphatic heterocycles. The highest BCUT2D eigenvalue weighted by Crippen LogP contribution is 2.38. The Morgan fingerprint density at radius 3 is 2.25 bits per heavy atom. The van der Waals surface area contributed by atoms with Crippen molar-refractivity contribution in [2.45, 2.75) is 39.5 Å². The number of hydrogen-bond acceptors (Lipinski definition) is 3. The summed E-state index contributed by atoms with van der Waals surface area (Å²) in [6.07, 6.45) is -3.64.